The van der Waals surface area contributed by atoms with E-state index in [2.05, 4.69) is 18.8 Å². The Bertz CT molecular complexity index is 710. The van der Waals surface area contributed by atoms with Gasteiger partial charge < -0.3 is 4.74 Å². The lowest BCUT2D eigenvalue weighted by molar-refractivity contribution is -0.134. The molecule has 0 bridgehead atoms. The quantitative estimate of drug-likeness (QED) is 0.605. The van der Waals surface area contributed by atoms with E-state index >= 15 is 0 Å². The van der Waals surface area contributed by atoms with E-state index in [9.17, 15) is 4.79 Å². The molecule has 1 atom stereocenters. The smallest absolute Gasteiger partial charge is 0.311 e. The second-order valence-electron chi connectivity index (χ2n) is 6.62. The first-order valence-electron chi connectivity index (χ1n) is 8.81. The summed E-state index contributed by atoms with van der Waals surface area (Å²) >= 11 is 0. The van der Waals surface area contributed by atoms with Gasteiger partial charge in [0.2, 0.25) is 0 Å². The predicted molar refractivity (Wildman–Crippen MR) is 93.8 cm³/mol. The Kier molecular flexibility index (Phi) is 5.24. The topological polar surface area (TPSA) is 52.1 Å². The van der Waals surface area contributed by atoms with Gasteiger partial charge >= 0.3 is 5.97 Å². The van der Waals surface area contributed by atoms with Crippen LogP contribution in [0.4, 0.5) is 0 Å². The molecule has 0 spiro atoms. The summed E-state index contributed by atoms with van der Waals surface area (Å²) in [6, 6.07) is 7.44. The van der Waals surface area contributed by atoms with Crippen molar-refractivity contribution in [3.63, 3.8) is 0 Å². The molecule has 1 aromatic carbocycles. The second-order valence-corrected chi connectivity index (χ2v) is 6.62. The summed E-state index contributed by atoms with van der Waals surface area (Å²) in [5, 5.41) is 0. The van der Waals surface area contributed by atoms with Gasteiger partial charge in [0.1, 0.15) is 5.75 Å². The number of esters is 1. The number of hydrogen-bond acceptors (Lipinski definition) is 4. The van der Waals surface area contributed by atoms with Crippen molar-refractivity contribution in [2.45, 2.75) is 52.4 Å². The lowest BCUT2D eigenvalue weighted by Crippen LogP contribution is -2.14. The van der Waals surface area contributed by atoms with Gasteiger partial charge in [-0.1, -0.05) is 20.3 Å². The number of benzene rings is 1. The Hall–Kier alpha value is -2.23. The third kappa shape index (κ3) is 3.99. The van der Waals surface area contributed by atoms with Crippen LogP contribution in [0.1, 0.15) is 50.8 Å². The molecule has 2 aromatic rings. The Labute approximate surface area is 143 Å². The van der Waals surface area contributed by atoms with Crippen molar-refractivity contribution in [3.05, 3.63) is 41.7 Å². The minimum atomic E-state index is -0.177. The number of ether oxygens (including phenoxy) is 1. The third-order valence-electron chi connectivity index (χ3n) is 4.48. The monoisotopic (exact) mass is 324 g/mol. The number of aromatic nitrogens is 2. The number of rotatable bonds is 5. The molecule has 0 saturated heterocycles. The lowest BCUT2D eigenvalue weighted by atomic mass is 9.89. The SMILES string of the molecule is CCCCC(=O)Oc1ccc(-c2ncc3c(n2)CCC(C)C3)cc1. The molecule has 0 radical (unpaired) electrons. The van der Waals surface area contributed by atoms with E-state index in [1.54, 1.807) is 0 Å². The van der Waals surface area contributed by atoms with E-state index in [1.165, 1.54) is 17.7 Å². The maximum absolute atomic E-state index is 11.7. The standard InChI is InChI=1S/C20H24N2O2/c1-3-4-5-19(23)24-17-9-7-15(8-10-17)20-21-13-16-12-14(2)6-11-18(16)22-20/h7-10,13-14H,3-6,11-12H2,1-2H3. The summed E-state index contributed by atoms with van der Waals surface area (Å²) in [4.78, 5) is 20.9. The van der Waals surface area contributed by atoms with Crippen LogP contribution in [0.25, 0.3) is 11.4 Å². The molecule has 0 N–H and O–H groups in total. The first-order valence-corrected chi connectivity index (χ1v) is 8.81. The van der Waals surface area contributed by atoms with Crippen molar-refractivity contribution >= 4 is 5.97 Å². The highest BCUT2D eigenvalue weighted by Crippen LogP contribution is 2.26. The Morgan fingerprint density at radius 1 is 1.29 bits per heavy atom. The summed E-state index contributed by atoms with van der Waals surface area (Å²) in [6.45, 7) is 4.33. The van der Waals surface area contributed by atoms with Crippen molar-refractivity contribution in [1.82, 2.24) is 9.97 Å². The summed E-state index contributed by atoms with van der Waals surface area (Å²) < 4.78 is 5.33. The van der Waals surface area contributed by atoms with Crippen LogP contribution in [-0.2, 0) is 17.6 Å². The number of carbonyl (C=O) groups excluding carboxylic acids is 1. The predicted octanol–water partition coefficient (Wildman–Crippen LogP) is 4.36. The normalized spacial score (nSPS) is 16.5. The van der Waals surface area contributed by atoms with Crippen LogP contribution in [0.3, 0.4) is 0 Å². The van der Waals surface area contributed by atoms with Gasteiger partial charge in [0.15, 0.2) is 5.82 Å². The number of hydrogen-bond donors (Lipinski definition) is 0. The van der Waals surface area contributed by atoms with Gasteiger partial charge in [0, 0.05) is 23.9 Å². The number of nitrogens with zero attached hydrogens (tertiary/aromatic N) is 2. The van der Waals surface area contributed by atoms with E-state index in [0.717, 1.165) is 37.1 Å². The van der Waals surface area contributed by atoms with Crippen molar-refractivity contribution in [3.8, 4) is 17.1 Å². The van der Waals surface area contributed by atoms with Crippen LogP contribution < -0.4 is 4.74 Å². The molecule has 0 aliphatic heterocycles. The minimum Gasteiger partial charge on any atom is -0.427 e. The van der Waals surface area contributed by atoms with Crippen molar-refractivity contribution in [2.75, 3.05) is 0 Å². The number of unbranched alkanes of at least 4 members (excludes halogenated alkanes) is 1. The molecule has 24 heavy (non-hydrogen) atoms. The maximum atomic E-state index is 11.7. The highest BCUT2D eigenvalue weighted by Gasteiger charge is 2.17. The fourth-order valence-electron chi connectivity index (χ4n) is 3.00. The molecule has 3 rings (SSSR count). The van der Waals surface area contributed by atoms with Crippen LogP contribution in [0.15, 0.2) is 30.5 Å². The van der Waals surface area contributed by atoms with Crippen molar-refractivity contribution < 1.29 is 9.53 Å². The van der Waals surface area contributed by atoms with Gasteiger partial charge in [0.05, 0.1) is 0 Å². The van der Waals surface area contributed by atoms with Crippen molar-refractivity contribution in [2.24, 2.45) is 5.92 Å². The zero-order valence-electron chi connectivity index (χ0n) is 14.4. The summed E-state index contributed by atoms with van der Waals surface area (Å²) in [6.07, 6.45) is 7.56. The summed E-state index contributed by atoms with van der Waals surface area (Å²) in [7, 11) is 0. The molecule has 1 heterocycles. The van der Waals surface area contributed by atoms with Crippen molar-refractivity contribution in [1.29, 1.82) is 0 Å². The highest BCUT2D eigenvalue weighted by atomic mass is 16.5. The molecule has 1 unspecified atom stereocenters. The third-order valence-corrected chi connectivity index (χ3v) is 4.48. The average molecular weight is 324 g/mol. The van der Waals surface area contributed by atoms with Gasteiger partial charge in [0.25, 0.3) is 0 Å². The molecule has 4 heteroatoms. The minimum absolute atomic E-state index is 0.177. The van der Waals surface area contributed by atoms with Crippen LogP contribution >= 0.6 is 0 Å². The summed E-state index contributed by atoms with van der Waals surface area (Å²) in [5.41, 5.74) is 3.40. The zero-order chi connectivity index (χ0) is 16.9. The van der Waals surface area contributed by atoms with Gasteiger partial charge in [-0.3, -0.25) is 4.79 Å². The molecule has 0 saturated carbocycles. The average Bonchev–Trinajstić information content (AvgIpc) is 2.60. The number of carbonyl (C=O) groups is 1. The first-order chi connectivity index (χ1) is 11.7. The Balaban J connectivity index is 1.70. The van der Waals surface area contributed by atoms with Gasteiger partial charge in [-0.05, 0) is 61.4 Å². The molecular weight excluding hydrogens is 300 g/mol. The van der Waals surface area contributed by atoms with Gasteiger partial charge in [-0.2, -0.15) is 0 Å². The molecular formula is C20H24N2O2. The molecule has 126 valence electrons. The maximum Gasteiger partial charge on any atom is 0.311 e. The van der Waals surface area contributed by atoms with E-state index in [1.807, 2.05) is 30.5 Å². The molecule has 0 fully saturated rings. The zero-order valence-corrected chi connectivity index (χ0v) is 14.4. The molecule has 1 aliphatic rings. The second kappa shape index (κ2) is 7.56. The first kappa shape index (κ1) is 16.6. The molecule has 4 nitrogen and oxygen atoms in total. The fraction of sp³-hybridized carbons (Fsp3) is 0.450. The van der Waals surface area contributed by atoms with E-state index in [-0.39, 0.29) is 5.97 Å². The fourth-order valence-corrected chi connectivity index (χ4v) is 3.00. The van der Waals surface area contributed by atoms with Crippen LogP contribution in [0.2, 0.25) is 0 Å². The van der Waals surface area contributed by atoms with E-state index in [0.29, 0.717) is 18.1 Å². The Morgan fingerprint density at radius 3 is 2.83 bits per heavy atom. The Morgan fingerprint density at radius 2 is 2.08 bits per heavy atom. The van der Waals surface area contributed by atoms with Crippen LogP contribution in [-0.4, -0.2) is 15.9 Å². The largest absolute Gasteiger partial charge is 0.427 e. The number of fused-ring (bicyclic) bond motifs is 1. The number of aryl methyl sites for hydroxylation is 1. The van der Waals surface area contributed by atoms with Crippen LogP contribution in [0.5, 0.6) is 5.75 Å². The highest BCUT2D eigenvalue weighted by molar-refractivity contribution is 5.72. The molecule has 1 aromatic heterocycles. The van der Waals surface area contributed by atoms with Gasteiger partial charge in [-0.25, -0.2) is 9.97 Å². The molecule has 0 amide bonds. The van der Waals surface area contributed by atoms with Gasteiger partial charge in [-0.15, -0.1) is 0 Å². The van der Waals surface area contributed by atoms with Crippen LogP contribution in [0, 0.1) is 5.92 Å². The lowest BCUT2D eigenvalue weighted by Gasteiger charge is -2.20. The van der Waals surface area contributed by atoms with E-state index < -0.39 is 0 Å². The van der Waals surface area contributed by atoms with E-state index in [4.69, 9.17) is 9.72 Å². The summed E-state index contributed by atoms with van der Waals surface area (Å²) in [5.74, 6) is 1.86. The molecule has 1 aliphatic carbocycles.